The van der Waals surface area contributed by atoms with Gasteiger partial charge in [0.2, 0.25) is 0 Å². The maximum atomic E-state index is 13.8. The van der Waals surface area contributed by atoms with Crippen LogP contribution in [0, 0.1) is 30.5 Å². The highest BCUT2D eigenvalue weighted by atomic mass is 19.1. The molecule has 0 heterocycles. The minimum Gasteiger partial charge on any atom is -0.294 e. The van der Waals surface area contributed by atoms with Crippen molar-refractivity contribution in [2.45, 2.75) is 40.0 Å². The van der Waals surface area contributed by atoms with Crippen molar-refractivity contribution >= 4 is 5.78 Å². The minimum absolute atomic E-state index is 0.00778. The first-order valence-electron chi connectivity index (χ1n) is 6.79. The van der Waals surface area contributed by atoms with E-state index in [0.29, 0.717) is 11.8 Å². The van der Waals surface area contributed by atoms with Crippen molar-refractivity contribution in [3.05, 3.63) is 35.1 Å². The molecule has 1 saturated carbocycles. The van der Waals surface area contributed by atoms with Gasteiger partial charge in [-0.2, -0.15) is 0 Å². The second-order valence-corrected chi connectivity index (χ2v) is 5.81. The maximum Gasteiger partial charge on any atom is 0.168 e. The topological polar surface area (TPSA) is 17.1 Å². The summed E-state index contributed by atoms with van der Waals surface area (Å²) in [7, 11) is 0. The molecule has 18 heavy (non-hydrogen) atoms. The van der Waals surface area contributed by atoms with Gasteiger partial charge in [-0.05, 0) is 55.7 Å². The Morgan fingerprint density at radius 1 is 1.22 bits per heavy atom. The summed E-state index contributed by atoms with van der Waals surface area (Å²) in [5, 5.41) is 0. The molecule has 0 bridgehead atoms. The minimum atomic E-state index is -0.369. The van der Waals surface area contributed by atoms with Crippen molar-refractivity contribution in [3.63, 3.8) is 0 Å². The van der Waals surface area contributed by atoms with Crippen molar-refractivity contribution < 1.29 is 9.18 Å². The highest BCUT2D eigenvalue weighted by molar-refractivity contribution is 5.98. The summed E-state index contributed by atoms with van der Waals surface area (Å²) in [4.78, 5) is 12.3. The van der Waals surface area contributed by atoms with E-state index < -0.39 is 0 Å². The number of rotatable bonds is 2. The van der Waals surface area contributed by atoms with Gasteiger partial charge in [0.05, 0.1) is 5.56 Å². The summed E-state index contributed by atoms with van der Waals surface area (Å²) in [6.07, 6.45) is 2.87. The summed E-state index contributed by atoms with van der Waals surface area (Å²) in [5.74, 6) is 0.865. The molecule has 0 aliphatic heterocycles. The Morgan fingerprint density at radius 2 is 1.94 bits per heavy atom. The number of ketones is 1. The first-order valence-corrected chi connectivity index (χ1v) is 6.79. The molecular formula is C16H21FO. The Hall–Kier alpha value is -1.18. The summed E-state index contributed by atoms with van der Waals surface area (Å²) in [5.41, 5.74) is 1.13. The lowest BCUT2D eigenvalue weighted by molar-refractivity contribution is 0.0833. The lowest BCUT2D eigenvalue weighted by atomic mass is 9.73. The van der Waals surface area contributed by atoms with Crippen LogP contribution in [0.5, 0.6) is 0 Å². The first kappa shape index (κ1) is 13.3. The van der Waals surface area contributed by atoms with Crippen LogP contribution in [0.25, 0.3) is 0 Å². The van der Waals surface area contributed by atoms with Crippen LogP contribution in [-0.2, 0) is 0 Å². The van der Waals surface area contributed by atoms with Crippen LogP contribution in [0.4, 0.5) is 4.39 Å². The van der Waals surface area contributed by atoms with Gasteiger partial charge in [-0.25, -0.2) is 4.39 Å². The Bertz CT molecular complexity index is 452. The third kappa shape index (κ3) is 2.63. The van der Waals surface area contributed by atoms with E-state index in [1.54, 1.807) is 6.07 Å². The predicted molar refractivity (Wildman–Crippen MR) is 71.1 cm³/mol. The Morgan fingerprint density at radius 3 is 2.56 bits per heavy atom. The highest BCUT2D eigenvalue weighted by Crippen LogP contribution is 2.35. The van der Waals surface area contributed by atoms with Crippen molar-refractivity contribution in [3.8, 4) is 0 Å². The van der Waals surface area contributed by atoms with Crippen LogP contribution in [-0.4, -0.2) is 5.78 Å². The molecule has 3 unspecified atom stereocenters. The SMILES string of the molecule is Cc1ccc(C(=O)C2CCC(C)C(C)C2)c(F)c1. The van der Waals surface area contributed by atoms with E-state index in [1.807, 2.05) is 13.0 Å². The van der Waals surface area contributed by atoms with E-state index in [1.165, 1.54) is 6.07 Å². The molecule has 1 aromatic carbocycles. The van der Waals surface area contributed by atoms with Crippen molar-refractivity contribution in [2.24, 2.45) is 17.8 Å². The van der Waals surface area contributed by atoms with Gasteiger partial charge in [0.25, 0.3) is 0 Å². The summed E-state index contributed by atoms with van der Waals surface area (Å²) >= 11 is 0. The zero-order chi connectivity index (χ0) is 13.3. The van der Waals surface area contributed by atoms with Crippen LogP contribution in [0.1, 0.15) is 49.0 Å². The predicted octanol–water partition coefficient (Wildman–Crippen LogP) is 4.39. The van der Waals surface area contributed by atoms with Gasteiger partial charge in [0, 0.05) is 5.92 Å². The third-order valence-electron chi connectivity index (χ3n) is 4.36. The van der Waals surface area contributed by atoms with Gasteiger partial charge in [0.15, 0.2) is 5.78 Å². The molecule has 1 aromatic rings. The van der Waals surface area contributed by atoms with E-state index in [0.717, 1.165) is 24.8 Å². The molecule has 0 spiro atoms. The molecule has 2 rings (SSSR count). The van der Waals surface area contributed by atoms with Crippen molar-refractivity contribution in [1.82, 2.24) is 0 Å². The molecule has 0 aromatic heterocycles. The lowest BCUT2D eigenvalue weighted by Crippen LogP contribution is -2.27. The lowest BCUT2D eigenvalue weighted by Gasteiger charge is -2.31. The quantitative estimate of drug-likeness (QED) is 0.709. The van der Waals surface area contributed by atoms with Crippen molar-refractivity contribution in [1.29, 1.82) is 0 Å². The fourth-order valence-electron chi connectivity index (χ4n) is 2.83. The van der Waals surface area contributed by atoms with Gasteiger partial charge < -0.3 is 0 Å². The normalized spacial score (nSPS) is 28.1. The molecule has 0 amide bonds. The van der Waals surface area contributed by atoms with E-state index in [2.05, 4.69) is 13.8 Å². The molecular weight excluding hydrogens is 227 g/mol. The van der Waals surface area contributed by atoms with E-state index >= 15 is 0 Å². The summed E-state index contributed by atoms with van der Waals surface area (Å²) in [6, 6.07) is 4.89. The summed E-state index contributed by atoms with van der Waals surface area (Å²) in [6.45, 7) is 6.26. The monoisotopic (exact) mass is 248 g/mol. The molecule has 0 radical (unpaired) electrons. The number of hydrogen-bond donors (Lipinski definition) is 0. The van der Waals surface area contributed by atoms with Crippen molar-refractivity contribution in [2.75, 3.05) is 0 Å². The van der Waals surface area contributed by atoms with E-state index in [4.69, 9.17) is 0 Å². The van der Waals surface area contributed by atoms with Crippen LogP contribution in [0.15, 0.2) is 18.2 Å². The van der Waals surface area contributed by atoms with Crippen LogP contribution >= 0.6 is 0 Å². The molecule has 0 saturated heterocycles. The molecule has 1 aliphatic rings. The largest absolute Gasteiger partial charge is 0.294 e. The average Bonchev–Trinajstić information content (AvgIpc) is 2.32. The number of halogens is 1. The molecule has 1 nitrogen and oxygen atoms in total. The molecule has 1 fully saturated rings. The second kappa shape index (κ2) is 5.21. The van der Waals surface area contributed by atoms with Crippen LogP contribution in [0.3, 0.4) is 0 Å². The Kier molecular flexibility index (Phi) is 3.84. The van der Waals surface area contributed by atoms with Crippen LogP contribution in [0.2, 0.25) is 0 Å². The smallest absolute Gasteiger partial charge is 0.168 e. The van der Waals surface area contributed by atoms with E-state index in [9.17, 15) is 9.18 Å². The fourth-order valence-corrected chi connectivity index (χ4v) is 2.83. The van der Waals surface area contributed by atoms with Gasteiger partial charge in [-0.15, -0.1) is 0 Å². The van der Waals surface area contributed by atoms with Crippen LogP contribution < -0.4 is 0 Å². The number of hydrogen-bond acceptors (Lipinski definition) is 1. The Balaban J connectivity index is 2.16. The second-order valence-electron chi connectivity index (χ2n) is 5.81. The third-order valence-corrected chi connectivity index (χ3v) is 4.36. The van der Waals surface area contributed by atoms with Gasteiger partial charge in [0.1, 0.15) is 5.82 Å². The molecule has 1 aliphatic carbocycles. The number of Topliss-reactive ketones (excluding diaryl/α,β-unsaturated/α-hetero) is 1. The number of carbonyl (C=O) groups is 1. The number of benzene rings is 1. The standard InChI is InChI=1S/C16H21FO/c1-10-4-7-14(15(17)8-10)16(18)13-6-5-11(2)12(3)9-13/h4,7-8,11-13H,5-6,9H2,1-3H3. The zero-order valence-electron chi connectivity index (χ0n) is 11.4. The molecule has 2 heteroatoms. The molecule has 0 N–H and O–H groups in total. The number of carbonyl (C=O) groups excluding carboxylic acids is 1. The van der Waals surface area contributed by atoms with Gasteiger partial charge >= 0.3 is 0 Å². The molecule has 98 valence electrons. The number of aryl methyl sites for hydroxylation is 1. The first-order chi connectivity index (χ1) is 8.49. The highest BCUT2D eigenvalue weighted by Gasteiger charge is 2.30. The Labute approximate surface area is 108 Å². The zero-order valence-corrected chi connectivity index (χ0v) is 11.4. The average molecular weight is 248 g/mol. The summed E-state index contributed by atoms with van der Waals surface area (Å²) < 4.78 is 13.8. The maximum absolute atomic E-state index is 13.8. The fraction of sp³-hybridized carbons (Fsp3) is 0.562. The van der Waals surface area contributed by atoms with Gasteiger partial charge in [-0.1, -0.05) is 19.9 Å². The molecule has 3 atom stereocenters. The van der Waals surface area contributed by atoms with E-state index in [-0.39, 0.29) is 23.1 Å². The van der Waals surface area contributed by atoms with Gasteiger partial charge in [-0.3, -0.25) is 4.79 Å².